The third kappa shape index (κ3) is 2.71. The largest absolute Gasteiger partial charge is 0.312 e. The Labute approximate surface area is 115 Å². The molecular formula is C18H21N. The van der Waals surface area contributed by atoms with Gasteiger partial charge >= 0.3 is 0 Å². The Bertz CT molecular complexity index is 578. The molecule has 0 unspecified atom stereocenters. The maximum Gasteiger partial charge on any atom is 0.0208 e. The van der Waals surface area contributed by atoms with Gasteiger partial charge in [-0.15, -0.1) is 0 Å². The van der Waals surface area contributed by atoms with Crippen molar-refractivity contribution >= 4 is 0 Å². The van der Waals surface area contributed by atoms with Gasteiger partial charge in [0.2, 0.25) is 0 Å². The summed E-state index contributed by atoms with van der Waals surface area (Å²) >= 11 is 0. The zero-order valence-corrected chi connectivity index (χ0v) is 11.8. The lowest BCUT2D eigenvalue weighted by atomic mass is 9.91. The Hall–Kier alpha value is -1.60. The number of hydrogen-bond donors (Lipinski definition) is 1. The van der Waals surface area contributed by atoms with Crippen LogP contribution in [0.4, 0.5) is 0 Å². The van der Waals surface area contributed by atoms with Crippen LogP contribution in [0.3, 0.4) is 0 Å². The van der Waals surface area contributed by atoms with Crippen molar-refractivity contribution in [3.05, 3.63) is 69.8 Å². The molecule has 2 aromatic carbocycles. The van der Waals surface area contributed by atoms with Gasteiger partial charge in [0.1, 0.15) is 0 Å². The van der Waals surface area contributed by atoms with Crippen LogP contribution in [0.5, 0.6) is 0 Å². The summed E-state index contributed by atoms with van der Waals surface area (Å²) in [6.07, 6.45) is 2.22. The summed E-state index contributed by atoms with van der Waals surface area (Å²) in [5.41, 5.74) is 8.71. The van der Waals surface area contributed by atoms with Gasteiger partial charge < -0.3 is 5.32 Å². The molecule has 1 heterocycles. The number of hydrogen-bond acceptors (Lipinski definition) is 1. The Balaban J connectivity index is 1.95. The number of benzene rings is 2. The predicted molar refractivity (Wildman–Crippen MR) is 80.6 cm³/mol. The molecule has 0 radical (unpaired) electrons. The average Bonchev–Trinajstić information content (AvgIpc) is 2.38. The molecule has 1 aliphatic rings. The van der Waals surface area contributed by atoms with E-state index in [2.05, 4.69) is 55.6 Å². The van der Waals surface area contributed by atoms with E-state index in [1.807, 2.05) is 0 Å². The van der Waals surface area contributed by atoms with Crippen molar-refractivity contribution in [3.8, 4) is 0 Å². The van der Waals surface area contributed by atoms with E-state index in [1.54, 1.807) is 5.56 Å². The third-order valence-electron chi connectivity index (χ3n) is 3.91. The van der Waals surface area contributed by atoms with Gasteiger partial charge in [0.25, 0.3) is 0 Å². The van der Waals surface area contributed by atoms with Crippen LogP contribution in [0.25, 0.3) is 0 Å². The fraction of sp³-hybridized carbons (Fsp3) is 0.333. The quantitative estimate of drug-likeness (QED) is 0.861. The van der Waals surface area contributed by atoms with Crippen LogP contribution < -0.4 is 5.32 Å². The molecule has 19 heavy (non-hydrogen) atoms. The summed E-state index contributed by atoms with van der Waals surface area (Å²) < 4.78 is 0. The Morgan fingerprint density at radius 3 is 2.63 bits per heavy atom. The molecule has 0 saturated carbocycles. The second-order valence-electron chi connectivity index (χ2n) is 5.65. The first-order chi connectivity index (χ1) is 9.22. The Kier molecular flexibility index (Phi) is 3.39. The number of aryl methyl sites for hydroxylation is 2. The minimum absolute atomic E-state index is 1.02. The minimum atomic E-state index is 1.02. The standard InChI is InChI=1S/C18H21N/c1-13-8-14(2)10-15(9-13)11-16-4-3-5-17-12-19-7-6-18(16)17/h3-5,8-10,19H,6-7,11-12H2,1-2H3. The van der Waals surface area contributed by atoms with E-state index in [1.165, 1.54) is 27.8 Å². The normalized spacial score (nSPS) is 14.2. The van der Waals surface area contributed by atoms with Crippen LogP contribution in [-0.4, -0.2) is 6.54 Å². The molecule has 1 aliphatic heterocycles. The number of nitrogens with one attached hydrogen (secondary N) is 1. The van der Waals surface area contributed by atoms with E-state index < -0.39 is 0 Å². The zero-order chi connectivity index (χ0) is 13.2. The van der Waals surface area contributed by atoms with E-state index in [0.717, 1.165) is 25.9 Å². The van der Waals surface area contributed by atoms with Crippen molar-refractivity contribution in [2.24, 2.45) is 0 Å². The van der Waals surface area contributed by atoms with Crippen LogP contribution >= 0.6 is 0 Å². The lowest BCUT2D eigenvalue weighted by molar-refractivity contribution is 0.640. The van der Waals surface area contributed by atoms with Gasteiger partial charge in [-0.25, -0.2) is 0 Å². The van der Waals surface area contributed by atoms with Gasteiger partial charge in [-0.2, -0.15) is 0 Å². The highest BCUT2D eigenvalue weighted by Gasteiger charge is 2.12. The smallest absolute Gasteiger partial charge is 0.0208 e. The molecule has 0 amide bonds. The molecule has 0 aromatic heterocycles. The number of rotatable bonds is 2. The summed E-state index contributed by atoms with van der Waals surface area (Å²) in [5, 5.41) is 3.45. The van der Waals surface area contributed by atoms with Gasteiger partial charge in [0, 0.05) is 6.54 Å². The van der Waals surface area contributed by atoms with Gasteiger partial charge in [-0.1, -0.05) is 47.5 Å². The third-order valence-corrected chi connectivity index (χ3v) is 3.91. The lowest BCUT2D eigenvalue weighted by Crippen LogP contribution is -2.24. The van der Waals surface area contributed by atoms with Gasteiger partial charge in [-0.3, -0.25) is 0 Å². The molecule has 0 fully saturated rings. The zero-order valence-electron chi connectivity index (χ0n) is 11.8. The maximum absolute atomic E-state index is 3.45. The monoisotopic (exact) mass is 251 g/mol. The predicted octanol–water partition coefficient (Wildman–Crippen LogP) is 3.54. The molecule has 3 rings (SSSR count). The Morgan fingerprint density at radius 1 is 1.05 bits per heavy atom. The van der Waals surface area contributed by atoms with E-state index in [9.17, 15) is 0 Å². The van der Waals surface area contributed by atoms with E-state index in [4.69, 9.17) is 0 Å². The topological polar surface area (TPSA) is 12.0 Å². The SMILES string of the molecule is Cc1cc(C)cc(Cc2cccc3c2CCNC3)c1. The van der Waals surface area contributed by atoms with E-state index in [-0.39, 0.29) is 0 Å². The molecule has 98 valence electrons. The van der Waals surface area contributed by atoms with Crippen molar-refractivity contribution in [1.29, 1.82) is 0 Å². The highest BCUT2D eigenvalue weighted by atomic mass is 14.9. The van der Waals surface area contributed by atoms with Crippen LogP contribution in [0, 0.1) is 13.8 Å². The highest BCUT2D eigenvalue weighted by Crippen LogP contribution is 2.22. The summed E-state index contributed by atoms with van der Waals surface area (Å²) in [6.45, 7) is 6.49. The van der Waals surface area contributed by atoms with Crippen molar-refractivity contribution in [3.63, 3.8) is 0 Å². The first-order valence-electron chi connectivity index (χ1n) is 7.10. The second kappa shape index (κ2) is 5.18. The first-order valence-corrected chi connectivity index (χ1v) is 7.10. The molecule has 1 nitrogen and oxygen atoms in total. The van der Waals surface area contributed by atoms with Crippen molar-refractivity contribution in [2.75, 3.05) is 6.54 Å². The second-order valence-corrected chi connectivity index (χ2v) is 5.65. The summed E-state index contributed by atoms with van der Waals surface area (Å²) in [4.78, 5) is 0. The van der Waals surface area contributed by atoms with Crippen LogP contribution in [0.15, 0.2) is 36.4 Å². The molecule has 2 aromatic rings. The van der Waals surface area contributed by atoms with Gasteiger partial charge in [-0.05, 0) is 55.5 Å². The fourth-order valence-corrected chi connectivity index (χ4v) is 3.17. The van der Waals surface area contributed by atoms with Crippen molar-refractivity contribution in [1.82, 2.24) is 5.32 Å². The minimum Gasteiger partial charge on any atom is -0.312 e. The van der Waals surface area contributed by atoms with E-state index >= 15 is 0 Å². The van der Waals surface area contributed by atoms with E-state index in [0.29, 0.717) is 0 Å². The molecule has 0 atom stereocenters. The highest BCUT2D eigenvalue weighted by molar-refractivity contribution is 5.41. The summed E-state index contributed by atoms with van der Waals surface area (Å²) in [6, 6.07) is 13.6. The van der Waals surface area contributed by atoms with Crippen LogP contribution in [0.1, 0.15) is 33.4 Å². The van der Waals surface area contributed by atoms with Crippen molar-refractivity contribution in [2.45, 2.75) is 33.2 Å². The van der Waals surface area contributed by atoms with Gasteiger partial charge in [0.15, 0.2) is 0 Å². The Morgan fingerprint density at radius 2 is 1.84 bits per heavy atom. The fourth-order valence-electron chi connectivity index (χ4n) is 3.17. The molecule has 0 aliphatic carbocycles. The number of fused-ring (bicyclic) bond motifs is 1. The molecule has 1 heteroatoms. The first kappa shape index (κ1) is 12.4. The van der Waals surface area contributed by atoms with Gasteiger partial charge in [0.05, 0.1) is 0 Å². The summed E-state index contributed by atoms with van der Waals surface area (Å²) in [7, 11) is 0. The van der Waals surface area contributed by atoms with Crippen LogP contribution in [0.2, 0.25) is 0 Å². The lowest BCUT2D eigenvalue weighted by Gasteiger charge is -2.20. The average molecular weight is 251 g/mol. The molecular weight excluding hydrogens is 230 g/mol. The molecule has 0 bridgehead atoms. The summed E-state index contributed by atoms with van der Waals surface area (Å²) in [5.74, 6) is 0. The van der Waals surface area contributed by atoms with Crippen LogP contribution in [-0.2, 0) is 19.4 Å². The molecule has 0 spiro atoms. The molecule has 1 N–H and O–H groups in total. The van der Waals surface area contributed by atoms with Crippen molar-refractivity contribution < 1.29 is 0 Å². The molecule has 0 saturated heterocycles. The maximum atomic E-state index is 3.45.